The molecule has 83 valence electrons. The molecule has 2 nitrogen and oxygen atoms in total. The van der Waals surface area contributed by atoms with Crippen LogP contribution in [0.2, 0.25) is 0 Å². The van der Waals surface area contributed by atoms with Crippen molar-refractivity contribution in [3.05, 3.63) is 53.2 Å². The van der Waals surface area contributed by atoms with E-state index >= 15 is 0 Å². The Kier molecular flexibility index (Phi) is 3.40. The van der Waals surface area contributed by atoms with E-state index in [2.05, 4.69) is 6.92 Å². The lowest BCUT2D eigenvalue weighted by molar-refractivity contribution is 0.558. The van der Waals surface area contributed by atoms with Crippen molar-refractivity contribution in [2.24, 2.45) is 0 Å². The first-order chi connectivity index (χ1) is 7.81. The van der Waals surface area contributed by atoms with Gasteiger partial charge in [-0.1, -0.05) is 38.0 Å². The van der Waals surface area contributed by atoms with Crippen molar-refractivity contribution in [2.45, 2.75) is 25.7 Å². The molecule has 1 aromatic heterocycles. The minimum Gasteiger partial charge on any atom is -0.423 e. The molecule has 0 saturated carbocycles. The summed E-state index contributed by atoms with van der Waals surface area (Å²) in [5, 5.41) is 1.05. The van der Waals surface area contributed by atoms with Gasteiger partial charge in [-0.2, -0.15) is 0 Å². The van der Waals surface area contributed by atoms with Gasteiger partial charge in [-0.15, -0.1) is 0 Å². The van der Waals surface area contributed by atoms with Gasteiger partial charge in [0.1, 0.15) is 5.58 Å². The van der Waals surface area contributed by atoms with Crippen LogP contribution in [-0.4, -0.2) is 0 Å². The van der Waals surface area contributed by atoms with E-state index in [4.69, 9.17) is 4.42 Å². The Hall–Kier alpha value is -1.57. The maximum atomic E-state index is 11.4. The van der Waals surface area contributed by atoms with Crippen LogP contribution in [0.3, 0.4) is 0 Å². The molecule has 2 heteroatoms. The molecular formula is C14H15O2. The van der Waals surface area contributed by atoms with Crippen LogP contribution in [-0.2, 0) is 6.42 Å². The zero-order chi connectivity index (χ0) is 11.4. The van der Waals surface area contributed by atoms with Crippen molar-refractivity contribution >= 4 is 11.0 Å². The van der Waals surface area contributed by atoms with Crippen LogP contribution >= 0.6 is 0 Å². The standard InChI is InChI=1S/C14H15O2/c1-2-3-4-7-11-10-14(15)16-13-9-6-5-8-12(11)13/h5-6,8-10H,1-4,7H2. The number of hydrogen-bond acceptors (Lipinski definition) is 2. The second-order valence-electron chi connectivity index (χ2n) is 3.90. The summed E-state index contributed by atoms with van der Waals surface area (Å²) < 4.78 is 5.14. The number of unbranched alkanes of at least 4 members (excludes halogenated alkanes) is 2. The summed E-state index contributed by atoms with van der Waals surface area (Å²) in [6.45, 7) is 3.82. The van der Waals surface area contributed by atoms with Gasteiger partial charge in [-0.05, 0) is 24.5 Å². The molecule has 0 unspecified atom stereocenters. The molecule has 1 heterocycles. The third kappa shape index (κ3) is 2.32. The molecule has 2 rings (SSSR count). The molecule has 1 aromatic carbocycles. The lowest BCUT2D eigenvalue weighted by Gasteiger charge is -2.04. The van der Waals surface area contributed by atoms with E-state index in [1.165, 1.54) is 0 Å². The molecule has 0 saturated heterocycles. The molecular weight excluding hydrogens is 200 g/mol. The van der Waals surface area contributed by atoms with Crippen LogP contribution in [0.4, 0.5) is 0 Å². The maximum absolute atomic E-state index is 11.4. The van der Waals surface area contributed by atoms with Gasteiger partial charge in [0.15, 0.2) is 0 Å². The lowest BCUT2D eigenvalue weighted by Crippen LogP contribution is -2.00. The van der Waals surface area contributed by atoms with Gasteiger partial charge >= 0.3 is 5.63 Å². The normalized spacial score (nSPS) is 10.8. The van der Waals surface area contributed by atoms with Crippen LogP contribution in [0, 0.1) is 6.92 Å². The van der Waals surface area contributed by atoms with Crippen molar-refractivity contribution in [1.29, 1.82) is 0 Å². The first kappa shape index (κ1) is 10.9. The maximum Gasteiger partial charge on any atom is 0.336 e. The summed E-state index contributed by atoms with van der Waals surface area (Å²) in [5.41, 5.74) is 1.50. The highest BCUT2D eigenvalue weighted by Crippen LogP contribution is 2.18. The molecule has 0 bridgehead atoms. The Morgan fingerprint density at radius 3 is 2.81 bits per heavy atom. The average Bonchev–Trinajstić information content (AvgIpc) is 2.29. The van der Waals surface area contributed by atoms with Crippen LogP contribution in [0.25, 0.3) is 11.0 Å². The van der Waals surface area contributed by atoms with E-state index in [0.717, 1.165) is 36.6 Å². The van der Waals surface area contributed by atoms with Crippen molar-refractivity contribution < 1.29 is 4.42 Å². The van der Waals surface area contributed by atoms with E-state index in [0.29, 0.717) is 5.58 Å². The van der Waals surface area contributed by atoms with Gasteiger partial charge < -0.3 is 4.42 Å². The van der Waals surface area contributed by atoms with Crippen molar-refractivity contribution in [1.82, 2.24) is 0 Å². The SMILES string of the molecule is [CH2]CCCCc1cc(=O)oc2ccccc12. The lowest BCUT2D eigenvalue weighted by atomic mass is 10.0. The van der Waals surface area contributed by atoms with E-state index in [9.17, 15) is 4.79 Å². The first-order valence-corrected chi connectivity index (χ1v) is 5.62. The number of hydrogen-bond donors (Lipinski definition) is 0. The minimum atomic E-state index is -0.261. The van der Waals surface area contributed by atoms with Crippen LogP contribution < -0.4 is 5.63 Å². The molecule has 2 aromatic rings. The van der Waals surface area contributed by atoms with E-state index in [1.54, 1.807) is 6.07 Å². The first-order valence-electron chi connectivity index (χ1n) is 5.62. The van der Waals surface area contributed by atoms with Crippen molar-refractivity contribution in [3.8, 4) is 0 Å². The second kappa shape index (κ2) is 4.97. The minimum absolute atomic E-state index is 0.261. The molecule has 0 N–H and O–H groups in total. The van der Waals surface area contributed by atoms with Gasteiger partial charge in [-0.3, -0.25) is 0 Å². The Labute approximate surface area is 94.9 Å². The largest absolute Gasteiger partial charge is 0.423 e. The molecule has 0 fully saturated rings. The fourth-order valence-corrected chi connectivity index (χ4v) is 1.88. The molecule has 0 aliphatic carbocycles. The number of rotatable bonds is 4. The number of benzene rings is 1. The quantitative estimate of drug-likeness (QED) is 0.578. The predicted octanol–water partition coefficient (Wildman–Crippen LogP) is 3.34. The monoisotopic (exact) mass is 215 g/mol. The molecule has 0 amide bonds. The summed E-state index contributed by atoms with van der Waals surface area (Å²) in [4.78, 5) is 11.4. The summed E-state index contributed by atoms with van der Waals surface area (Å²) in [5.74, 6) is 0. The molecule has 0 spiro atoms. The Balaban J connectivity index is 2.38. The number of fused-ring (bicyclic) bond motifs is 1. The zero-order valence-electron chi connectivity index (χ0n) is 9.24. The Morgan fingerprint density at radius 2 is 2.00 bits per heavy atom. The zero-order valence-corrected chi connectivity index (χ0v) is 9.24. The molecule has 0 aliphatic heterocycles. The average molecular weight is 215 g/mol. The van der Waals surface area contributed by atoms with Crippen molar-refractivity contribution in [3.63, 3.8) is 0 Å². The van der Waals surface area contributed by atoms with Gasteiger partial charge in [0.2, 0.25) is 0 Å². The highest BCUT2D eigenvalue weighted by atomic mass is 16.4. The van der Waals surface area contributed by atoms with Gasteiger partial charge in [0, 0.05) is 11.5 Å². The van der Waals surface area contributed by atoms with E-state index < -0.39 is 0 Å². The Bertz CT molecular complexity index is 525. The fourth-order valence-electron chi connectivity index (χ4n) is 1.88. The fraction of sp³-hybridized carbons (Fsp3) is 0.286. The van der Waals surface area contributed by atoms with E-state index in [-0.39, 0.29) is 5.63 Å². The topological polar surface area (TPSA) is 30.2 Å². The summed E-state index contributed by atoms with van der Waals surface area (Å²) in [6, 6.07) is 9.28. The molecule has 1 radical (unpaired) electrons. The van der Waals surface area contributed by atoms with Gasteiger partial charge in [0.25, 0.3) is 0 Å². The molecule has 0 atom stereocenters. The van der Waals surface area contributed by atoms with Crippen LogP contribution in [0.15, 0.2) is 39.5 Å². The third-order valence-electron chi connectivity index (χ3n) is 2.68. The van der Waals surface area contributed by atoms with Crippen LogP contribution in [0.5, 0.6) is 0 Å². The molecule has 0 aliphatic rings. The highest BCUT2D eigenvalue weighted by molar-refractivity contribution is 5.79. The summed E-state index contributed by atoms with van der Waals surface area (Å²) in [6.07, 6.45) is 4.02. The predicted molar refractivity (Wildman–Crippen MR) is 65.4 cm³/mol. The summed E-state index contributed by atoms with van der Waals surface area (Å²) >= 11 is 0. The molecule has 16 heavy (non-hydrogen) atoms. The highest BCUT2D eigenvalue weighted by Gasteiger charge is 2.04. The number of aryl methyl sites for hydroxylation is 1. The second-order valence-corrected chi connectivity index (χ2v) is 3.90. The van der Waals surface area contributed by atoms with Gasteiger partial charge in [0.05, 0.1) is 0 Å². The van der Waals surface area contributed by atoms with Gasteiger partial charge in [-0.25, -0.2) is 4.79 Å². The third-order valence-corrected chi connectivity index (χ3v) is 2.68. The van der Waals surface area contributed by atoms with E-state index in [1.807, 2.05) is 24.3 Å². The van der Waals surface area contributed by atoms with Crippen LogP contribution in [0.1, 0.15) is 24.8 Å². The summed E-state index contributed by atoms with van der Waals surface area (Å²) in [7, 11) is 0. The Morgan fingerprint density at radius 1 is 1.19 bits per heavy atom. The smallest absolute Gasteiger partial charge is 0.336 e. The number of para-hydroxylation sites is 1. The van der Waals surface area contributed by atoms with Crippen molar-refractivity contribution in [2.75, 3.05) is 0 Å².